The molecule has 1 heterocycles. The van der Waals surface area contributed by atoms with E-state index < -0.39 is 0 Å². The summed E-state index contributed by atoms with van der Waals surface area (Å²) in [5, 5.41) is 4.50. The van der Waals surface area contributed by atoms with Crippen molar-refractivity contribution in [1.82, 2.24) is 4.98 Å². The van der Waals surface area contributed by atoms with Crippen LogP contribution in [0.3, 0.4) is 0 Å². The Kier molecular flexibility index (Phi) is 2.95. The lowest BCUT2D eigenvalue weighted by molar-refractivity contribution is 0.628. The van der Waals surface area contributed by atoms with Gasteiger partial charge in [0.05, 0.1) is 0 Å². The zero-order valence-electron chi connectivity index (χ0n) is 10.7. The first-order valence-electron chi connectivity index (χ1n) is 6.29. The van der Waals surface area contributed by atoms with E-state index in [0.29, 0.717) is 6.54 Å². The highest BCUT2D eigenvalue weighted by molar-refractivity contribution is 5.83. The van der Waals surface area contributed by atoms with Crippen LogP contribution in [0.15, 0.2) is 48.7 Å². The van der Waals surface area contributed by atoms with Crippen molar-refractivity contribution in [2.75, 3.05) is 5.32 Å². The molecular formula is C16H15FN2. The van der Waals surface area contributed by atoms with E-state index in [-0.39, 0.29) is 5.82 Å². The van der Waals surface area contributed by atoms with Gasteiger partial charge >= 0.3 is 0 Å². The molecule has 0 amide bonds. The van der Waals surface area contributed by atoms with E-state index >= 15 is 0 Å². The molecule has 0 aliphatic carbocycles. The van der Waals surface area contributed by atoms with Crippen molar-refractivity contribution in [2.45, 2.75) is 13.5 Å². The monoisotopic (exact) mass is 254 g/mol. The molecule has 2 N–H and O–H groups in total. The number of aromatic amines is 1. The van der Waals surface area contributed by atoms with Gasteiger partial charge < -0.3 is 10.3 Å². The standard InChI is InChI=1S/C16H15FN2/c1-11-5-6-13(17)9-16(11)19-10-12-3-2-4-15-14(12)7-8-18-15/h2-9,18-19H,10H2,1H3. The predicted molar refractivity (Wildman–Crippen MR) is 76.8 cm³/mol. The number of fused-ring (bicyclic) bond motifs is 1. The van der Waals surface area contributed by atoms with E-state index in [9.17, 15) is 4.39 Å². The highest BCUT2D eigenvalue weighted by Gasteiger charge is 2.03. The lowest BCUT2D eigenvalue weighted by atomic mass is 10.1. The van der Waals surface area contributed by atoms with Crippen LogP contribution in [0.4, 0.5) is 10.1 Å². The molecule has 3 aromatic rings. The minimum absolute atomic E-state index is 0.215. The Morgan fingerprint density at radius 2 is 2.05 bits per heavy atom. The number of nitrogens with one attached hydrogen (secondary N) is 2. The number of aromatic nitrogens is 1. The topological polar surface area (TPSA) is 27.8 Å². The molecular weight excluding hydrogens is 239 g/mol. The number of hydrogen-bond acceptors (Lipinski definition) is 1. The van der Waals surface area contributed by atoms with Crippen LogP contribution in [0.25, 0.3) is 10.9 Å². The van der Waals surface area contributed by atoms with Crippen LogP contribution in [-0.4, -0.2) is 4.98 Å². The molecule has 0 atom stereocenters. The number of aryl methyl sites for hydroxylation is 1. The molecule has 0 fully saturated rings. The molecule has 0 bridgehead atoms. The fourth-order valence-corrected chi connectivity index (χ4v) is 2.28. The first-order valence-corrected chi connectivity index (χ1v) is 6.29. The van der Waals surface area contributed by atoms with Crippen LogP contribution in [0.1, 0.15) is 11.1 Å². The summed E-state index contributed by atoms with van der Waals surface area (Å²) >= 11 is 0. The van der Waals surface area contributed by atoms with Gasteiger partial charge in [0.1, 0.15) is 5.82 Å². The van der Waals surface area contributed by atoms with Gasteiger partial charge in [-0.15, -0.1) is 0 Å². The molecule has 2 aromatic carbocycles. The molecule has 1 aromatic heterocycles. The van der Waals surface area contributed by atoms with Gasteiger partial charge in [0.2, 0.25) is 0 Å². The summed E-state index contributed by atoms with van der Waals surface area (Å²) in [4.78, 5) is 3.19. The van der Waals surface area contributed by atoms with E-state index in [1.165, 1.54) is 23.1 Å². The molecule has 0 saturated heterocycles. The highest BCUT2D eigenvalue weighted by Crippen LogP contribution is 2.21. The van der Waals surface area contributed by atoms with Crippen molar-refractivity contribution in [2.24, 2.45) is 0 Å². The number of rotatable bonds is 3. The normalized spacial score (nSPS) is 10.8. The molecule has 19 heavy (non-hydrogen) atoms. The molecule has 0 spiro atoms. The predicted octanol–water partition coefficient (Wildman–Crippen LogP) is 4.23. The van der Waals surface area contributed by atoms with Crippen LogP contribution in [0.5, 0.6) is 0 Å². The van der Waals surface area contributed by atoms with Crippen molar-refractivity contribution in [3.8, 4) is 0 Å². The van der Waals surface area contributed by atoms with Crippen LogP contribution in [0, 0.1) is 12.7 Å². The molecule has 0 unspecified atom stereocenters. The second kappa shape index (κ2) is 4.76. The first kappa shape index (κ1) is 11.8. The van der Waals surface area contributed by atoms with Crippen LogP contribution < -0.4 is 5.32 Å². The van der Waals surface area contributed by atoms with Crippen molar-refractivity contribution < 1.29 is 4.39 Å². The van der Waals surface area contributed by atoms with Crippen molar-refractivity contribution in [3.63, 3.8) is 0 Å². The first-order chi connectivity index (χ1) is 9.24. The van der Waals surface area contributed by atoms with Crippen molar-refractivity contribution in [3.05, 3.63) is 65.6 Å². The third kappa shape index (κ3) is 2.32. The highest BCUT2D eigenvalue weighted by atomic mass is 19.1. The summed E-state index contributed by atoms with van der Waals surface area (Å²) in [7, 11) is 0. The fraction of sp³-hybridized carbons (Fsp3) is 0.125. The molecule has 0 radical (unpaired) electrons. The Balaban J connectivity index is 1.86. The fourth-order valence-electron chi connectivity index (χ4n) is 2.28. The lowest BCUT2D eigenvalue weighted by Gasteiger charge is -2.10. The van der Waals surface area contributed by atoms with E-state index in [0.717, 1.165) is 16.8 Å². The largest absolute Gasteiger partial charge is 0.381 e. The summed E-state index contributed by atoms with van der Waals surface area (Å²) in [6, 6.07) is 13.0. The summed E-state index contributed by atoms with van der Waals surface area (Å²) < 4.78 is 13.2. The van der Waals surface area contributed by atoms with Gasteiger partial charge in [-0.3, -0.25) is 0 Å². The maximum absolute atomic E-state index is 13.2. The average Bonchev–Trinajstić information content (AvgIpc) is 2.88. The van der Waals surface area contributed by atoms with Crippen LogP contribution in [0.2, 0.25) is 0 Å². The Bertz CT molecular complexity index is 716. The van der Waals surface area contributed by atoms with Gasteiger partial charge in [-0.25, -0.2) is 4.39 Å². The smallest absolute Gasteiger partial charge is 0.125 e. The number of H-pyrrole nitrogens is 1. The van der Waals surface area contributed by atoms with Crippen LogP contribution in [-0.2, 0) is 6.54 Å². The van der Waals surface area contributed by atoms with Gasteiger partial charge in [0, 0.05) is 29.3 Å². The second-order valence-electron chi connectivity index (χ2n) is 4.67. The average molecular weight is 254 g/mol. The molecule has 96 valence electrons. The zero-order chi connectivity index (χ0) is 13.2. The number of halogens is 1. The Labute approximate surface area is 111 Å². The van der Waals surface area contributed by atoms with Gasteiger partial charge in [0.15, 0.2) is 0 Å². The van der Waals surface area contributed by atoms with Crippen molar-refractivity contribution >= 4 is 16.6 Å². The van der Waals surface area contributed by atoms with Gasteiger partial charge in [-0.1, -0.05) is 18.2 Å². The van der Waals surface area contributed by atoms with Crippen molar-refractivity contribution in [1.29, 1.82) is 0 Å². The summed E-state index contributed by atoms with van der Waals surface area (Å²) in [5.41, 5.74) is 4.20. The molecule has 3 heteroatoms. The van der Waals surface area contributed by atoms with E-state index in [2.05, 4.69) is 22.4 Å². The number of anilines is 1. The lowest BCUT2D eigenvalue weighted by Crippen LogP contribution is -2.01. The summed E-state index contributed by atoms with van der Waals surface area (Å²) in [6.07, 6.45) is 1.93. The quantitative estimate of drug-likeness (QED) is 0.719. The van der Waals surface area contributed by atoms with E-state index in [4.69, 9.17) is 0 Å². The van der Waals surface area contributed by atoms with Crippen LogP contribution >= 0.6 is 0 Å². The van der Waals surface area contributed by atoms with E-state index in [1.807, 2.05) is 25.3 Å². The van der Waals surface area contributed by atoms with Gasteiger partial charge in [-0.2, -0.15) is 0 Å². The number of benzene rings is 2. The third-order valence-electron chi connectivity index (χ3n) is 3.35. The Morgan fingerprint density at radius 3 is 2.95 bits per heavy atom. The molecule has 0 saturated carbocycles. The van der Waals surface area contributed by atoms with Gasteiger partial charge in [0.25, 0.3) is 0 Å². The molecule has 0 aliphatic rings. The van der Waals surface area contributed by atoms with Gasteiger partial charge in [-0.05, 0) is 42.3 Å². The third-order valence-corrected chi connectivity index (χ3v) is 3.35. The Hall–Kier alpha value is -2.29. The zero-order valence-corrected chi connectivity index (χ0v) is 10.7. The Morgan fingerprint density at radius 1 is 1.16 bits per heavy atom. The minimum atomic E-state index is -0.215. The maximum atomic E-state index is 13.2. The SMILES string of the molecule is Cc1ccc(F)cc1NCc1cccc2[nH]ccc12. The molecule has 3 rings (SSSR count). The van der Waals surface area contributed by atoms with E-state index in [1.54, 1.807) is 6.07 Å². The molecule has 2 nitrogen and oxygen atoms in total. The minimum Gasteiger partial charge on any atom is -0.381 e. The maximum Gasteiger partial charge on any atom is 0.125 e. The summed E-state index contributed by atoms with van der Waals surface area (Å²) in [6.45, 7) is 2.65. The number of hydrogen-bond donors (Lipinski definition) is 2. The molecule has 0 aliphatic heterocycles. The second-order valence-corrected chi connectivity index (χ2v) is 4.67. The summed E-state index contributed by atoms with van der Waals surface area (Å²) in [5.74, 6) is -0.215.